The van der Waals surface area contributed by atoms with Gasteiger partial charge in [0, 0.05) is 0 Å². The normalized spacial score (nSPS) is 40.4. The summed E-state index contributed by atoms with van der Waals surface area (Å²) in [5.41, 5.74) is 0. The lowest BCUT2D eigenvalue weighted by Gasteiger charge is -2.07. The average molecular weight is 184 g/mol. The molecule has 72 valence electrons. The molecule has 3 atom stereocenters. The van der Waals surface area contributed by atoms with Crippen LogP contribution >= 0.6 is 0 Å². The van der Waals surface area contributed by atoms with Gasteiger partial charge in [0.05, 0.1) is 24.9 Å². The predicted molar refractivity (Wildman–Crippen MR) is 49.1 cm³/mol. The van der Waals surface area contributed by atoms with Crippen LogP contribution in [0, 0.1) is 0 Å². The molecular formula is C7H14B2O4. The van der Waals surface area contributed by atoms with Gasteiger partial charge < -0.3 is 18.6 Å². The molecule has 2 aliphatic heterocycles. The van der Waals surface area contributed by atoms with E-state index in [0.717, 1.165) is 0 Å². The molecule has 0 aliphatic carbocycles. The highest BCUT2D eigenvalue weighted by atomic mass is 16.7. The van der Waals surface area contributed by atoms with Crippen LogP contribution in [0.25, 0.3) is 0 Å². The maximum absolute atomic E-state index is 5.53. The van der Waals surface area contributed by atoms with Gasteiger partial charge in [-0.3, -0.25) is 0 Å². The van der Waals surface area contributed by atoms with Crippen LogP contribution in [0.4, 0.5) is 0 Å². The molecule has 0 spiro atoms. The van der Waals surface area contributed by atoms with Gasteiger partial charge in [0.2, 0.25) is 0 Å². The van der Waals surface area contributed by atoms with Crippen molar-refractivity contribution < 1.29 is 18.6 Å². The van der Waals surface area contributed by atoms with E-state index in [2.05, 4.69) is 0 Å². The fourth-order valence-corrected chi connectivity index (χ4v) is 1.49. The minimum absolute atomic E-state index is 0.119. The Kier molecular flexibility index (Phi) is 2.65. The van der Waals surface area contributed by atoms with Gasteiger partial charge in [0.15, 0.2) is 0 Å². The third-order valence-corrected chi connectivity index (χ3v) is 2.44. The van der Waals surface area contributed by atoms with E-state index in [-0.39, 0.29) is 32.3 Å². The summed E-state index contributed by atoms with van der Waals surface area (Å²) in [6, 6.07) is 0. The molecule has 0 aromatic heterocycles. The van der Waals surface area contributed by atoms with Crippen molar-refractivity contribution in [1.29, 1.82) is 0 Å². The van der Waals surface area contributed by atoms with Crippen molar-refractivity contribution >= 4 is 14.0 Å². The Morgan fingerprint density at radius 3 is 2.00 bits per heavy atom. The largest absolute Gasteiger partial charge is 0.488 e. The molecule has 2 rings (SSSR count). The third kappa shape index (κ3) is 1.91. The quantitative estimate of drug-likeness (QED) is 0.549. The predicted octanol–water partition coefficient (Wildman–Crippen LogP) is 0.300. The van der Waals surface area contributed by atoms with Crippen molar-refractivity contribution in [3.63, 3.8) is 0 Å². The van der Waals surface area contributed by atoms with E-state index in [9.17, 15) is 0 Å². The molecule has 4 nitrogen and oxygen atoms in total. The van der Waals surface area contributed by atoms with Crippen LogP contribution in [0.5, 0.6) is 0 Å². The molecule has 0 saturated carbocycles. The monoisotopic (exact) mass is 184 g/mol. The molecule has 0 bridgehead atoms. The molecule has 6 heteroatoms. The van der Waals surface area contributed by atoms with Crippen molar-refractivity contribution in [2.24, 2.45) is 0 Å². The zero-order valence-electron chi connectivity index (χ0n) is 8.23. The lowest BCUT2D eigenvalue weighted by atomic mass is 9.49. The van der Waals surface area contributed by atoms with Crippen molar-refractivity contribution in [2.45, 2.75) is 39.1 Å². The van der Waals surface area contributed by atoms with Gasteiger partial charge in [-0.05, 0) is 20.8 Å². The molecule has 13 heavy (non-hydrogen) atoms. The van der Waals surface area contributed by atoms with Crippen molar-refractivity contribution in [1.82, 2.24) is 0 Å². The summed E-state index contributed by atoms with van der Waals surface area (Å²) < 4.78 is 21.9. The third-order valence-electron chi connectivity index (χ3n) is 2.44. The van der Waals surface area contributed by atoms with Crippen LogP contribution in [-0.4, -0.2) is 38.9 Å². The maximum atomic E-state index is 5.53. The maximum Gasteiger partial charge on any atom is 0.488 e. The van der Waals surface area contributed by atoms with Gasteiger partial charge in [0.25, 0.3) is 0 Å². The van der Waals surface area contributed by atoms with Crippen molar-refractivity contribution in [3.8, 4) is 0 Å². The summed E-state index contributed by atoms with van der Waals surface area (Å²) in [7, 11) is -0.697. The number of hydrogen-bond donors (Lipinski definition) is 0. The Labute approximate surface area is 79.1 Å². The summed E-state index contributed by atoms with van der Waals surface area (Å²) in [5, 5.41) is 0. The fraction of sp³-hybridized carbons (Fsp3) is 1.00. The summed E-state index contributed by atoms with van der Waals surface area (Å²) in [4.78, 5) is 0. The topological polar surface area (TPSA) is 36.9 Å². The first-order chi connectivity index (χ1) is 6.16. The molecule has 2 saturated heterocycles. The molecule has 2 fully saturated rings. The zero-order chi connectivity index (χ0) is 9.42. The molecule has 2 heterocycles. The minimum atomic E-state index is -0.352. The minimum Gasteiger partial charge on any atom is -0.411 e. The first-order valence-electron chi connectivity index (χ1n) is 4.75. The van der Waals surface area contributed by atoms with E-state index in [1.54, 1.807) is 0 Å². The molecule has 0 aromatic carbocycles. The smallest absolute Gasteiger partial charge is 0.411 e. The van der Waals surface area contributed by atoms with E-state index in [1.165, 1.54) is 0 Å². The zero-order valence-corrected chi connectivity index (χ0v) is 8.23. The standard InChI is InChI=1S/C7H14B2O4/c1-5-4-10-8(11-5)9-12-6(2)7(3)13-9/h5-7H,4H2,1-3H3. The second-order valence-electron chi connectivity index (χ2n) is 3.70. The van der Waals surface area contributed by atoms with Crippen LogP contribution < -0.4 is 0 Å². The summed E-state index contributed by atoms with van der Waals surface area (Å²) in [5.74, 6) is 0. The second-order valence-corrected chi connectivity index (χ2v) is 3.70. The van der Waals surface area contributed by atoms with Crippen molar-refractivity contribution in [3.05, 3.63) is 0 Å². The van der Waals surface area contributed by atoms with Crippen LogP contribution in [0.1, 0.15) is 20.8 Å². The van der Waals surface area contributed by atoms with Crippen LogP contribution in [-0.2, 0) is 18.6 Å². The highest BCUT2D eigenvalue weighted by molar-refractivity contribution is 7.11. The van der Waals surface area contributed by atoms with Crippen LogP contribution in [0.2, 0.25) is 0 Å². The van der Waals surface area contributed by atoms with Crippen LogP contribution in [0.3, 0.4) is 0 Å². The molecule has 0 N–H and O–H groups in total. The summed E-state index contributed by atoms with van der Waals surface area (Å²) in [6.45, 7) is 6.57. The fourth-order valence-electron chi connectivity index (χ4n) is 1.49. The molecule has 0 aromatic rings. The first-order valence-corrected chi connectivity index (χ1v) is 4.75. The molecule has 0 radical (unpaired) electrons. The Bertz CT molecular complexity index is 181. The molecule has 0 amide bonds. The summed E-state index contributed by atoms with van der Waals surface area (Å²) in [6.07, 6.45) is 0.379. The Balaban J connectivity index is 1.89. The molecular weight excluding hydrogens is 170 g/mol. The van der Waals surface area contributed by atoms with Gasteiger partial charge in [-0.2, -0.15) is 0 Å². The highest BCUT2D eigenvalue weighted by Gasteiger charge is 2.50. The van der Waals surface area contributed by atoms with Gasteiger partial charge in [-0.1, -0.05) is 0 Å². The first kappa shape index (κ1) is 9.52. The number of hydrogen-bond acceptors (Lipinski definition) is 4. The van der Waals surface area contributed by atoms with E-state index >= 15 is 0 Å². The Hall–Kier alpha value is -0.0301. The Morgan fingerprint density at radius 1 is 0.923 bits per heavy atom. The van der Waals surface area contributed by atoms with E-state index in [0.29, 0.717) is 6.61 Å². The SMILES string of the molecule is CC1COB(B2OC(C)C(C)O2)O1. The van der Waals surface area contributed by atoms with Gasteiger partial charge >= 0.3 is 14.0 Å². The molecule has 2 aliphatic rings. The van der Waals surface area contributed by atoms with Crippen molar-refractivity contribution in [2.75, 3.05) is 6.61 Å². The van der Waals surface area contributed by atoms with E-state index < -0.39 is 0 Å². The highest BCUT2D eigenvalue weighted by Crippen LogP contribution is 2.21. The van der Waals surface area contributed by atoms with E-state index in [1.807, 2.05) is 20.8 Å². The van der Waals surface area contributed by atoms with Gasteiger partial charge in [-0.25, -0.2) is 0 Å². The van der Waals surface area contributed by atoms with Gasteiger partial charge in [-0.15, -0.1) is 0 Å². The molecule has 3 unspecified atom stereocenters. The van der Waals surface area contributed by atoms with E-state index in [4.69, 9.17) is 18.6 Å². The van der Waals surface area contributed by atoms with Gasteiger partial charge in [0.1, 0.15) is 0 Å². The lowest BCUT2D eigenvalue weighted by molar-refractivity contribution is 0.187. The number of rotatable bonds is 1. The second kappa shape index (κ2) is 3.61. The lowest BCUT2D eigenvalue weighted by Crippen LogP contribution is -2.39. The van der Waals surface area contributed by atoms with Crippen LogP contribution in [0.15, 0.2) is 0 Å². The summed E-state index contributed by atoms with van der Waals surface area (Å²) >= 11 is 0. The average Bonchev–Trinajstić information content (AvgIpc) is 2.61. The Morgan fingerprint density at radius 2 is 1.54 bits per heavy atom.